The molecule has 0 amide bonds. The molecule has 6 aromatic heterocycles. The molecule has 3 aliphatic heterocycles. The molecule has 0 spiro atoms. The quantitative estimate of drug-likeness (QED) is 0.0334. The number of nitrogens with two attached hydrogens (primary N) is 3. The molecule has 0 radical (unpaired) electrons. The first-order valence-electron chi connectivity index (χ1n) is 20.7. The lowest BCUT2D eigenvalue weighted by Crippen LogP contribution is -2.37. The molecule has 3 fully saturated rings. The third kappa shape index (κ3) is 11.7. The zero-order valence-corrected chi connectivity index (χ0v) is 41.4. The summed E-state index contributed by atoms with van der Waals surface area (Å²) in [5, 5.41) is 44.7. The van der Waals surface area contributed by atoms with Crippen molar-refractivity contribution in [3.8, 4) is 0 Å². The molecule has 3 aliphatic rings. The summed E-state index contributed by atoms with van der Waals surface area (Å²) in [6.45, 7) is -3.37. The van der Waals surface area contributed by atoms with Gasteiger partial charge in [0.25, 0.3) is 0 Å². The Hall–Kier alpha value is -4.60. The van der Waals surface area contributed by atoms with Gasteiger partial charge in [0.1, 0.15) is 90.5 Å². The van der Waals surface area contributed by atoms with Gasteiger partial charge in [0.15, 0.2) is 53.1 Å². The van der Waals surface area contributed by atoms with Crippen LogP contribution >= 0.6 is 39.1 Å². The highest BCUT2D eigenvalue weighted by Gasteiger charge is 2.54. The number of fused-ring (bicyclic) bond motifs is 3. The maximum absolute atomic E-state index is 13.8. The third-order valence-corrected chi connectivity index (χ3v) is 16.9. The molecule has 16 unspecified atom stereocenters. The van der Waals surface area contributed by atoms with Crippen LogP contribution in [0.3, 0.4) is 0 Å². The molecule has 75 heavy (non-hydrogen) atoms. The van der Waals surface area contributed by atoms with Gasteiger partial charge in [-0.1, -0.05) is 0 Å². The Morgan fingerprint density at radius 2 is 0.800 bits per heavy atom. The summed E-state index contributed by atoms with van der Waals surface area (Å²) in [6, 6.07) is 0. The first-order chi connectivity index (χ1) is 35.1. The van der Waals surface area contributed by atoms with Gasteiger partial charge < -0.3 is 81.2 Å². The van der Waals surface area contributed by atoms with E-state index >= 15 is 0 Å². The lowest BCUT2D eigenvalue weighted by molar-refractivity contribution is -0.0644. The van der Waals surface area contributed by atoms with E-state index in [0.29, 0.717) is 0 Å². The molecule has 0 aliphatic carbocycles. The lowest BCUT2D eigenvalue weighted by atomic mass is 10.1. The van der Waals surface area contributed by atoms with Crippen LogP contribution in [0.4, 0.5) is 17.5 Å². The van der Waals surface area contributed by atoms with Crippen LogP contribution in [0.25, 0.3) is 33.5 Å². The van der Waals surface area contributed by atoms with E-state index in [-0.39, 0.29) is 50.9 Å². The van der Waals surface area contributed by atoms with E-state index in [2.05, 4.69) is 58.0 Å². The van der Waals surface area contributed by atoms with Crippen molar-refractivity contribution in [3.63, 3.8) is 0 Å². The van der Waals surface area contributed by atoms with Crippen molar-refractivity contribution < 1.29 is 118 Å². The number of nitrogen functional groups attached to an aromatic ring is 3. The molecule has 16 atom stereocenters. The maximum Gasteiger partial charge on any atom is 0.490 e. The Morgan fingerprint density at radius 1 is 0.453 bits per heavy atom. The number of hydrogen-bond acceptors (Lipinski definition) is 31. The smallest absolute Gasteiger partial charge is 0.387 e. The van der Waals surface area contributed by atoms with Crippen molar-refractivity contribution in [1.29, 1.82) is 0 Å². The van der Waals surface area contributed by atoms with Crippen molar-refractivity contribution in [2.45, 2.75) is 73.6 Å². The highest BCUT2D eigenvalue weighted by molar-refractivity contribution is 7.66. The SMILES string of the molecule is Nc1ncnc2c1ncn2C1OC(COP(=O)(O)OC2C(O)C(COP(=O)(O)OC3C(O)C(COP(=O)(O)OP(=O)(O)OP(=O)(O)O)OC3n3cnc4c(N)ncnc43)OC2n2cnc3c(N)ncnc32)C(O)C1O. The monoisotopic (exact) mass is 1170 g/mol. The van der Waals surface area contributed by atoms with Crippen LogP contribution in [0.2, 0.25) is 0 Å². The first kappa shape index (κ1) is 55.2. The van der Waals surface area contributed by atoms with Gasteiger partial charge in [-0.3, -0.25) is 36.3 Å². The van der Waals surface area contributed by atoms with E-state index in [1.807, 2.05) is 0 Å². The number of rotatable bonds is 20. The van der Waals surface area contributed by atoms with Crippen LogP contribution in [-0.4, -0.2) is 183 Å². The number of ether oxygens (including phenoxy) is 3. The highest BCUT2D eigenvalue weighted by atomic mass is 31.3. The van der Waals surface area contributed by atoms with Crippen LogP contribution in [0.5, 0.6) is 0 Å². The van der Waals surface area contributed by atoms with Gasteiger partial charge in [-0.05, 0) is 0 Å². The highest BCUT2D eigenvalue weighted by Crippen LogP contribution is 2.66. The van der Waals surface area contributed by atoms with Gasteiger partial charge in [-0.25, -0.2) is 67.7 Å². The molecule has 0 aromatic carbocycles. The number of hydrogen-bond donors (Lipinski definition) is 13. The average Bonchev–Trinajstić information content (AvgIpc) is 4.18. The molecule has 3 saturated heterocycles. The molecule has 9 heterocycles. The molecule has 0 bridgehead atoms. The van der Waals surface area contributed by atoms with E-state index < -0.39 is 133 Å². The Kier molecular flexibility index (Phi) is 15.2. The van der Waals surface area contributed by atoms with Gasteiger partial charge in [-0.15, -0.1) is 0 Å². The standard InChI is InChI=1S/C30H40N15O25P5/c31-22-13-25(37-4-34-22)43(7-40-13)28-19(49)16(46)10(64-28)1-61-72(53,54)67-20-17(47)11(65-29(20)44-8-41-14-23(32)35-5-38-26(14)44)2-62-73(55,56)68-21-18(48)12(3-63-74(57,58)70-75(59,60)69-71(50,51)52)66-30(21)45-9-42-15-24(33)36-6-39-27(15)45/h4-12,16-21,28-30,46-49H,1-3H2,(H,53,54)(H,55,56)(H,57,58)(H,59,60)(H2,31,34,37)(H2,32,35,38)(H2,33,36,39)(H2,50,51,52). The van der Waals surface area contributed by atoms with Crippen molar-refractivity contribution in [2.75, 3.05) is 37.0 Å². The zero-order chi connectivity index (χ0) is 54.2. The molecule has 0 saturated carbocycles. The second-order valence-electron chi connectivity index (χ2n) is 16.0. The number of aliphatic hydroxyl groups excluding tert-OH is 4. The van der Waals surface area contributed by atoms with Crippen LogP contribution in [0.1, 0.15) is 18.7 Å². The van der Waals surface area contributed by atoms with E-state index in [4.69, 9.17) is 59.3 Å². The molecule has 6 aromatic rings. The molecule has 9 rings (SSSR count). The number of anilines is 3. The van der Waals surface area contributed by atoms with E-state index in [1.165, 1.54) is 10.9 Å². The maximum atomic E-state index is 13.8. The summed E-state index contributed by atoms with van der Waals surface area (Å²) >= 11 is 0. The summed E-state index contributed by atoms with van der Waals surface area (Å²) in [4.78, 5) is 95.3. The molecule has 40 nitrogen and oxygen atoms in total. The summed E-state index contributed by atoms with van der Waals surface area (Å²) in [7, 11) is -28.6. The number of nitrogens with zero attached hydrogens (tertiary/aromatic N) is 12. The summed E-state index contributed by atoms with van der Waals surface area (Å²) in [5.41, 5.74) is 17.6. The summed E-state index contributed by atoms with van der Waals surface area (Å²) < 4.78 is 117. The van der Waals surface area contributed by atoms with Crippen LogP contribution in [0, 0.1) is 0 Å². The molecular formula is C30H40N15O25P5. The minimum absolute atomic E-state index is 0.000333. The van der Waals surface area contributed by atoms with Gasteiger partial charge in [-0.2, -0.15) is 8.62 Å². The first-order valence-corrected chi connectivity index (χ1v) is 28.2. The summed E-state index contributed by atoms with van der Waals surface area (Å²) in [6.07, 6.45) is -15.6. The van der Waals surface area contributed by atoms with Crippen LogP contribution in [-0.2, 0) is 68.3 Å². The third-order valence-electron chi connectivity index (χ3n) is 11.1. The van der Waals surface area contributed by atoms with Crippen LogP contribution in [0.15, 0.2) is 38.0 Å². The Balaban J connectivity index is 0.912. The second kappa shape index (κ2) is 20.6. The fourth-order valence-electron chi connectivity index (χ4n) is 7.83. The minimum Gasteiger partial charge on any atom is -0.387 e. The van der Waals surface area contributed by atoms with Crippen molar-refractivity contribution >= 4 is 90.1 Å². The fraction of sp³-hybridized carbons (Fsp3) is 0.500. The Labute approximate surface area is 414 Å². The molecule has 16 N–H and O–H groups in total. The number of imidazole rings is 3. The normalized spacial score (nSPS) is 30.7. The predicted molar refractivity (Wildman–Crippen MR) is 236 cm³/mol. The van der Waals surface area contributed by atoms with E-state index in [1.54, 1.807) is 0 Å². The second-order valence-corrected chi connectivity index (χ2v) is 23.2. The van der Waals surface area contributed by atoms with Crippen molar-refractivity contribution in [3.05, 3.63) is 38.0 Å². The van der Waals surface area contributed by atoms with Crippen molar-refractivity contribution in [1.82, 2.24) is 58.6 Å². The molecular weight excluding hydrogens is 1130 g/mol. The minimum atomic E-state index is -6.00. The van der Waals surface area contributed by atoms with Gasteiger partial charge >= 0.3 is 39.1 Å². The number of phosphoric ester groups is 3. The van der Waals surface area contributed by atoms with Gasteiger partial charge in [0.2, 0.25) is 0 Å². The predicted octanol–water partition coefficient (Wildman–Crippen LogP) is -3.26. The zero-order valence-electron chi connectivity index (χ0n) is 36.9. The van der Waals surface area contributed by atoms with Crippen molar-refractivity contribution in [2.24, 2.45) is 0 Å². The van der Waals surface area contributed by atoms with Crippen LogP contribution < -0.4 is 17.2 Å². The largest absolute Gasteiger partial charge is 0.490 e. The Morgan fingerprint density at radius 3 is 1.19 bits per heavy atom. The van der Waals surface area contributed by atoms with E-state index in [0.717, 1.165) is 40.8 Å². The van der Waals surface area contributed by atoms with E-state index in [9.17, 15) is 62.8 Å². The topological polar surface area (TPSA) is 589 Å². The average molecular weight is 1170 g/mol. The number of aromatic nitrogens is 12. The number of aliphatic hydroxyl groups is 4. The van der Waals surface area contributed by atoms with Gasteiger partial charge in [0.05, 0.1) is 38.8 Å². The molecule has 410 valence electrons. The lowest BCUT2D eigenvalue weighted by Gasteiger charge is -2.25. The Bertz CT molecular complexity index is 3350. The molecule has 45 heteroatoms. The number of phosphoric acid groups is 5. The van der Waals surface area contributed by atoms with Gasteiger partial charge in [0, 0.05) is 0 Å². The summed E-state index contributed by atoms with van der Waals surface area (Å²) in [5.74, 6) is -0.306. The fourth-order valence-corrected chi connectivity index (χ4v) is 12.7.